The molecule has 1 heterocycles. The van der Waals surface area contributed by atoms with Crippen molar-refractivity contribution >= 4 is 5.91 Å². The Kier molecular flexibility index (Phi) is 4.90. The molecule has 0 saturated carbocycles. The maximum atomic E-state index is 15.4. The van der Waals surface area contributed by atoms with E-state index in [-0.39, 0.29) is 24.1 Å². The highest BCUT2D eigenvalue weighted by molar-refractivity contribution is 5.87. The van der Waals surface area contributed by atoms with Crippen molar-refractivity contribution in [2.45, 2.75) is 37.3 Å². The first-order chi connectivity index (χ1) is 12.6. The smallest absolute Gasteiger partial charge is 0.387 e. The summed E-state index contributed by atoms with van der Waals surface area (Å²) < 4.78 is 68.1. The van der Waals surface area contributed by atoms with Gasteiger partial charge in [0, 0.05) is 18.3 Å². The molecule has 27 heavy (non-hydrogen) atoms. The van der Waals surface area contributed by atoms with Crippen LogP contribution >= 0.6 is 0 Å². The van der Waals surface area contributed by atoms with Gasteiger partial charge in [0.15, 0.2) is 0 Å². The monoisotopic (exact) mass is 386 g/mol. The zero-order valence-corrected chi connectivity index (χ0v) is 13.9. The Morgan fingerprint density at radius 2 is 2.04 bits per heavy atom. The molecule has 144 valence electrons. The van der Waals surface area contributed by atoms with Crippen LogP contribution in [0.25, 0.3) is 0 Å². The van der Waals surface area contributed by atoms with Crippen molar-refractivity contribution in [3.8, 4) is 0 Å². The Hall–Kier alpha value is -2.55. The molecule has 2 N–H and O–H groups in total. The van der Waals surface area contributed by atoms with Gasteiger partial charge in [0.2, 0.25) is 5.67 Å². The molecule has 0 unspecified atom stereocenters. The number of nitrogens with one attached hydrogen (secondary N) is 1. The Balaban J connectivity index is 1.86. The molecule has 1 amide bonds. The van der Waals surface area contributed by atoms with Crippen molar-refractivity contribution < 1.29 is 31.9 Å². The van der Waals surface area contributed by atoms with Gasteiger partial charge >= 0.3 is 6.18 Å². The molecular weight excluding hydrogens is 371 g/mol. The van der Waals surface area contributed by atoms with Crippen molar-refractivity contribution in [2.24, 2.45) is 0 Å². The number of halogens is 5. The first-order valence-corrected chi connectivity index (χ1v) is 8.10. The van der Waals surface area contributed by atoms with Crippen LogP contribution in [0.1, 0.15) is 41.3 Å². The number of carbonyl (C=O) groups is 1. The lowest BCUT2D eigenvalue weighted by atomic mass is 9.81. The first-order valence-electron chi connectivity index (χ1n) is 8.10. The molecule has 0 saturated heterocycles. The zero-order valence-electron chi connectivity index (χ0n) is 13.9. The Bertz CT molecular complexity index is 871. The molecule has 1 aromatic heterocycles. The van der Waals surface area contributed by atoms with Gasteiger partial charge in [-0.1, -0.05) is 18.2 Å². The van der Waals surface area contributed by atoms with Crippen LogP contribution in [0.3, 0.4) is 0 Å². The van der Waals surface area contributed by atoms with E-state index in [0.717, 1.165) is 12.1 Å². The summed E-state index contributed by atoms with van der Waals surface area (Å²) in [6.45, 7) is -0.699. The van der Waals surface area contributed by atoms with E-state index in [2.05, 4.69) is 10.3 Å². The average Bonchev–Trinajstić information content (AvgIpc) is 2.62. The van der Waals surface area contributed by atoms with Crippen LogP contribution in [-0.2, 0) is 23.2 Å². The van der Waals surface area contributed by atoms with Gasteiger partial charge in [-0.15, -0.1) is 0 Å². The minimum Gasteiger partial charge on any atom is -0.387 e. The van der Waals surface area contributed by atoms with Crippen LogP contribution in [0.5, 0.6) is 0 Å². The van der Waals surface area contributed by atoms with Gasteiger partial charge in [0.25, 0.3) is 5.91 Å². The SMILES string of the molecule is O=C(NCc1cccc(F)c1C(F)(F)F)[C@]1(F)CC[C@H](O)c2ncccc21. The van der Waals surface area contributed by atoms with Gasteiger partial charge in [0.05, 0.1) is 17.4 Å². The zero-order chi connectivity index (χ0) is 19.8. The Morgan fingerprint density at radius 3 is 2.74 bits per heavy atom. The highest BCUT2D eigenvalue weighted by atomic mass is 19.4. The normalized spacial score (nSPS) is 22.2. The summed E-state index contributed by atoms with van der Waals surface area (Å²) in [5.41, 5.74) is -4.67. The fourth-order valence-electron chi connectivity index (χ4n) is 3.21. The van der Waals surface area contributed by atoms with Crippen molar-refractivity contribution in [1.82, 2.24) is 10.3 Å². The van der Waals surface area contributed by atoms with Gasteiger partial charge in [-0.2, -0.15) is 13.2 Å². The summed E-state index contributed by atoms with van der Waals surface area (Å²) in [4.78, 5) is 16.3. The number of fused-ring (bicyclic) bond motifs is 1. The molecular formula is C18H15F5N2O2. The quantitative estimate of drug-likeness (QED) is 0.794. The topological polar surface area (TPSA) is 62.2 Å². The van der Waals surface area contributed by atoms with Crippen molar-refractivity contribution in [3.63, 3.8) is 0 Å². The molecule has 1 aliphatic carbocycles. The highest BCUT2D eigenvalue weighted by Crippen LogP contribution is 2.42. The molecule has 3 rings (SSSR count). The maximum Gasteiger partial charge on any atom is 0.419 e. The third-order valence-electron chi connectivity index (χ3n) is 4.53. The molecule has 0 spiro atoms. The largest absolute Gasteiger partial charge is 0.419 e. The number of aromatic nitrogens is 1. The number of aliphatic hydroxyl groups is 1. The van der Waals surface area contributed by atoms with Crippen LogP contribution < -0.4 is 5.32 Å². The second-order valence-corrected chi connectivity index (χ2v) is 6.25. The predicted octanol–water partition coefficient (Wildman–Crippen LogP) is 3.55. The number of pyridine rings is 1. The second kappa shape index (κ2) is 6.88. The van der Waals surface area contributed by atoms with Crippen LogP contribution in [0.2, 0.25) is 0 Å². The molecule has 0 aliphatic heterocycles. The number of aliphatic hydroxyl groups excluding tert-OH is 1. The minimum atomic E-state index is -4.95. The number of carbonyl (C=O) groups excluding carboxylic acids is 1. The minimum absolute atomic E-state index is 0.0168. The summed E-state index contributed by atoms with van der Waals surface area (Å²) in [6.07, 6.45) is -5.06. The standard InChI is InChI=1S/C18H15F5N2O2/c19-12-5-1-3-10(14(12)18(21,22)23)9-25-16(27)17(20)7-6-13(26)15-11(17)4-2-8-24-15/h1-5,8,13,26H,6-7,9H2,(H,25,27)/t13-,17-/m0/s1. The van der Waals surface area contributed by atoms with E-state index in [4.69, 9.17) is 0 Å². The lowest BCUT2D eigenvalue weighted by Gasteiger charge is -2.32. The lowest BCUT2D eigenvalue weighted by Crippen LogP contribution is -2.44. The van der Waals surface area contributed by atoms with Gasteiger partial charge in [-0.05, 0) is 30.5 Å². The average molecular weight is 386 g/mol. The molecule has 1 aliphatic rings. The third-order valence-corrected chi connectivity index (χ3v) is 4.53. The fourth-order valence-corrected chi connectivity index (χ4v) is 3.21. The van der Waals surface area contributed by atoms with Gasteiger partial charge in [-0.25, -0.2) is 8.78 Å². The number of rotatable bonds is 3. The Labute approximate surface area is 151 Å². The third kappa shape index (κ3) is 3.51. The molecule has 2 atom stereocenters. The summed E-state index contributed by atoms with van der Waals surface area (Å²) in [5, 5.41) is 12.0. The van der Waals surface area contributed by atoms with Crippen molar-refractivity contribution in [3.05, 3.63) is 64.7 Å². The maximum absolute atomic E-state index is 15.4. The van der Waals surface area contributed by atoms with Crippen molar-refractivity contribution in [1.29, 1.82) is 0 Å². The van der Waals surface area contributed by atoms with E-state index in [9.17, 15) is 27.5 Å². The van der Waals surface area contributed by atoms with Crippen molar-refractivity contribution in [2.75, 3.05) is 0 Å². The van der Waals surface area contributed by atoms with E-state index < -0.39 is 47.3 Å². The van der Waals surface area contributed by atoms with Crippen LogP contribution in [0.4, 0.5) is 22.0 Å². The van der Waals surface area contributed by atoms with Gasteiger partial charge in [-0.3, -0.25) is 9.78 Å². The molecule has 0 bridgehead atoms. The summed E-state index contributed by atoms with van der Waals surface area (Å²) in [6, 6.07) is 5.44. The molecule has 0 fully saturated rings. The van der Waals surface area contributed by atoms with Gasteiger partial charge in [0.1, 0.15) is 5.82 Å². The van der Waals surface area contributed by atoms with E-state index in [1.807, 2.05) is 0 Å². The van der Waals surface area contributed by atoms with E-state index >= 15 is 4.39 Å². The van der Waals surface area contributed by atoms with Gasteiger partial charge < -0.3 is 10.4 Å². The number of benzene rings is 1. The fraction of sp³-hybridized carbons (Fsp3) is 0.333. The Morgan fingerprint density at radius 1 is 1.30 bits per heavy atom. The second-order valence-electron chi connectivity index (χ2n) is 6.25. The van der Waals surface area contributed by atoms with Crippen LogP contribution in [0.15, 0.2) is 36.5 Å². The highest BCUT2D eigenvalue weighted by Gasteiger charge is 2.47. The summed E-state index contributed by atoms with van der Waals surface area (Å²) in [7, 11) is 0. The number of alkyl halides is 4. The predicted molar refractivity (Wildman–Crippen MR) is 84.5 cm³/mol. The number of nitrogens with zero attached hydrogens (tertiary/aromatic N) is 1. The number of hydrogen-bond donors (Lipinski definition) is 2. The van der Waals surface area contributed by atoms with Crippen LogP contribution in [-0.4, -0.2) is 16.0 Å². The molecule has 4 nitrogen and oxygen atoms in total. The molecule has 1 aromatic carbocycles. The number of hydrogen-bond acceptors (Lipinski definition) is 3. The van der Waals surface area contributed by atoms with E-state index in [1.165, 1.54) is 18.3 Å². The molecule has 2 aromatic rings. The molecule has 9 heteroatoms. The molecule has 0 radical (unpaired) electrons. The van der Waals surface area contributed by atoms with E-state index in [1.54, 1.807) is 0 Å². The van der Waals surface area contributed by atoms with Crippen LogP contribution in [0, 0.1) is 5.82 Å². The summed E-state index contributed by atoms with van der Waals surface area (Å²) >= 11 is 0. The van der Waals surface area contributed by atoms with E-state index in [0.29, 0.717) is 6.07 Å². The first kappa shape index (κ1) is 19.2. The lowest BCUT2D eigenvalue weighted by molar-refractivity contribution is -0.141. The summed E-state index contributed by atoms with van der Waals surface area (Å²) in [5.74, 6) is -2.64. The number of amides is 1.